The number of aryl methyl sites for hydroxylation is 1. The predicted octanol–water partition coefficient (Wildman–Crippen LogP) is 3.19. The minimum Gasteiger partial charge on any atom is -0.447 e. The van der Waals surface area contributed by atoms with Gasteiger partial charge in [0, 0.05) is 43.5 Å². The molecule has 2 aliphatic heterocycles. The van der Waals surface area contributed by atoms with Crippen LogP contribution in [0.5, 0.6) is 0 Å². The molecule has 5 rings (SSSR count). The van der Waals surface area contributed by atoms with E-state index in [1.807, 2.05) is 37.5 Å². The average Bonchev–Trinajstić information content (AvgIpc) is 3.46. The lowest BCUT2D eigenvalue weighted by molar-refractivity contribution is 0.0362. The molecule has 1 saturated heterocycles. The van der Waals surface area contributed by atoms with E-state index in [0.717, 1.165) is 30.0 Å². The molecule has 0 radical (unpaired) electrons. The second kappa shape index (κ2) is 7.14. The van der Waals surface area contributed by atoms with Crippen LogP contribution in [0, 0.1) is 5.82 Å². The molecule has 1 aromatic heterocycles. The van der Waals surface area contributed by atoms with Gasteiger partial charge in [-0.15, -0.1) is 0 Å². The molecule has 1 N–H and O–H groups in total. The fourth-order valence-corrected chi connectivity index (χ4v) is 4.03. The number of hydrogen-bond acceptors (Lipinski definition) is 5. The number of fused-ring (bicyclic) bond motifs is 1. The number of amides is 1. The van der Waals surface area contributed by atoms with E-state index < -0.39 is 18.1 Å². The molecule has 0 saturated carbocycles. The van der Waals surface area contributed by atoms with Gasteiger partial charge in [-0.3, -0.25) is 9.58 Å². The van der Waals surface area contributed by atoms with Crippen molar-refractivity contribution < 1.29 is 19.0 Å². The van der Waals surface area contributed by atoms with Crippen molar-refractivity contribution in [3.8, 4) is 11.1 Å². The molecule has 0 spiro atoms. The number of rotatable bonds is 4. The number of benzene rings is 2. The standard InChI is InChI=1S/C22H21FN4O3/c1-25-7-6-20(24-25)26-12-16-3-2-14(10-17(16)13-26)18-5-4-15(11-19(18)23)21(28)27-8-9-30-22(27)29/h2-7,10-11,21,28H,8-9,12-13H2,1H3. The van der Waals surface area contributed by atoms with Gasteiger partial charge in [-0.2, -0.15) is 5.10 Å². The van der Waals surface area contributed by atoms with Gasteiger partial charge < -0.3 is 14.7 Å². The van der Waals surface area contributed by atoms with Crippen LogP contribution < -0.4 is 4.90 Å². The number of carbonyl (C=O) groups excluding carboxylic acids is 1. The number of anilines is 1. The Labute approximate surface area is 172 Å². The largest absolute Gasteiger partial charge is 0.447 e. The maximum atomic E-state index is 14.9. The van der Waals surface area contributed by atoms with Crippen molar-refractivity contribution in [2.24, 2.45) is 7.05 Å². The fraction of sp³-hybridized carbons (Fsp3) is 0.273. The van der Waals surface area contributed by atoms with E-state index in [4.69, 9.17) is 4.74 Å². The molecule has 8 heteroatoms. The molecule has 1 unspecified atom stereocenters. The quantitative estimate of drug-likeness (QED) is 0.718. The summed E-state index contributed by atoms with van der Waals surface area (Å²) in [6.45, 7) is 1.99. The van der Waals surface area contributed by atoms with Gasteiger partial charge in [-0.1, -0.05) is 24.3 Å². The maximum Gasteiger partial charge on any atom is 0.412 e. The van der Waals surface area contributed by atoms with Crippen molar-refractivity contribution in [2.75, 3.05) is 18.1 Å². The Morgan fingerprint density at radius 3 is 2.67 bits per heavy atom. The average molecular weight is 408 g/mol. The highest BCUT2D eigenvalue weighted by Crippen LogP contribution is 2.33. The lowest BCUT2D eigenvalue weighted by atomic mass is 9.98. The van der Waals surface area contributed by atoms with Crippen molar-refractivity contribution >= 4 is 11.9 Å². The molecule has 3 aromatic rings. The Morgan fingerprint density at radius 2 is 1.97 bits per heavy atom. The number of hydrogen-bond donors (Lipinski definition) is 1. The van der Waals surface area contributed by atoms with E-state index in [2.05, 4.69) is 10.00 Å². The van der Waals surface area contributed by atoms with Crippen molar-refractivity contribution in [1.82, 2.24) is 14.7 Å². The summed E-state index contributed by atoms with van der Waals surface area (Å²) in [5.41, 5.74) is 3.88. The fourth-order valence-electron chi connectivity index (χ4n) is 4.03. The summed E-state index contributed by atoms with van der Waals surface area (Å²) < 4.78 is 21.5. The van der Waals surface area contributed by atoms with Crippen LogP contribution in [0.2, 0.25) is 0 Å². The third-order valence-electron chi connectivity index (χ3n) is 5.64. The van der Waals surface area contributed by atoms with E-state index in [1.165, 1.54) is 16.5 Å². The lowest BCUT2D eigenvalue weighted by Crippen LogP contribution is -2.29. The molecule has 154 valence electrons. The second-order valence-electron chi connectivity index (χ2n) is 7.61. The van der Waals surface area contributed by atoms with E-state index in [0.29, 0.717) is 11.1 Å². The molecular weight excluding hydrogens is 387 g/mol. The smallest absolute Gasteiger partial charge is 0.412 e. The molecule has 3 heterocycles. The van der Waals surface area contributed by atoms with E-state index in [1.54, 1.807) is 16.8 Å². The van der Waals surface area contributed by atoms with E-state index >= 15 is 0 Å². The second-order valence-corrected chi connectivity index (χ2v) is 7.61. The van der Waals surface area contributed by atoms with Gasteiger partial charge in [-0.25, -0.2) is 9.18 Å². The van der Waals surface area contributed by atoms with Crippen LogP contribution in [0.4, 0.5) is 15.0 Å². The summed E-state index contributed by atoms with van der Waals surface area (Å²) in [4.78, 5) is 15.0. The first-order chi connectivity index (χ1) is 14.5. The summed E-state index contributed by atoms with van der Waals surface area (Å²) >= 11 is 0. The zero-order chi connectivity index (χ0) is 20.8. The van der Waals surface area contributed by atoms with Gasteiger partial charge in [0.05, 0.1) is 6.54 Å². The number of aromatic nitrogens is 2. The Hall–Kier alpha value is -3.39. The van der Waals surface area contributed by atoms with Gasteiger partial charge in [-0.05, 0) is 28.8 Å². The normalized spacial score (nSPS) is 16.7. The maximum absolute atomic E-state index is 14.9. The molecule has 7 nitrogen and oxygen atoms in total. The van der Waals surface area contributed by atoms with Crippen LogP contribution in [0.1, 0.15) is 22.9 Å². The molecule has 2 aromatic carbocycles. The zero-order valence-corrected chi connectivity index (χ0v) is 16.5. The Balaban J connectivity index is 1.39. The number of carbonyl (C=O) groups is 1. The molecule has 0 aliphatic carbocycles. The van der Waals surface area contributed by atoms with Crippen molar-refractivity contribution in [3.05, 3.63) is 71.2 Å². The van der Waals surface area contributed by atoms with Gasteiger partial charge in [0.2, 0.25) is 0 Å². The molecule has 0 bridgehead atoms. The Kier molecular flexibility index (Phi) is 4.43. The first-order valence-electron chi connectivity index (χ1n) is 9.77. The lowest BCUT2D eigenvalue weighted by Gasteiger charge is -2.21. The minimum absolute atomic E-state index is 0.223. The first-order valence-corrected chi connectivity index (χ1v) is 9.77. The molecule has 1 fully saturated rings. The van der Waals surface area contributed by atoms with Crippen LogP contribution >= 0.6 is 0 Å². The van der Waals surface area contributed by atoms with Crippen LogP contribution in [-0.2, 0) is 24.9 Å². The van der Waals surface area contributed by atoms with Gasteiger partial charge >= 0.3 is 6.09 Å². The van der Waals surface area contributed by atoms with Gasteiger partial charge in [0.1, 0.15) is 12.4 Å². The highest BCUT2D eigenvalue weighted by atomic mass is 19.1. The number of aliphatic hydroxyl groups excluding tert-OH is 1. The summed E-state index contributed by atoms with van der Waals surface area (Å²) in [5, 5.41) is 14.8. The third kappa shape index (κ3) is 3.19. The first kappa shape index (κ1) is 18.6. The summed E-state index contributed by atoms with van der Waals surface area (Å²) in [6.07, 6.45) is 0.0929. The predicted molar refractivity (Wildman–Crippen MR) is 108 cm³/mol. The van der Waals surface area contributed by atoms with Crippen LogP contribution in [0.3, 0.4) is 0 Å². The molecular formula is C22H21FN4O3. The summed E-state index contributed by atoms with van der Waals surface area (Å²) in [5.74, 6) is 0.471. The number of aliphatic hydroxyl groups is 1. The Morgan fingerprint density at radius 1 is 1.13 bits per heavy atom. The number of ether oxygens (including phenoxy) is 1. The third-order valence-corrected chi connectivity index (χ3v) is 5.64. The van der Waals surface area contributed by atoms with E-state index in [9.17, 15) is 14.3 Å². The van der Waals surface area contributed by atoms with Crippen molar-refractivity contribution in [1.29, 1.82) is 0 Å². The number of nitrogens with zero attached hydrogens (tertiary/aromatic N) is 4. The molecule has 1 amide bonds. The number of halogens is 1. The SMILES string of the molecule is Cn1ccc(N2Cc3ccc(-c4ccc(C(O)N5CCOC5=O)cc4F)cc3C2)n1. The van der Waals surface area contributed by atoms with Gasteiger partial charge in [0.25, 0.3) is 0 Å². The summed E-state index contributed by atoms with van der Waals surface area (Å²) in [7, 11) is 1.89. The monoisotopic (exact) mass is 408 g/mol. The van der Waals surface area contributed by atoms with Crippen molar-refractivity contribution in [3.63, 3.8) is 0 Å². The highest BCUT2D eigenvalue weighted by molar-refractivity contribution is 5.70. The van der Waals surface area contributed by atoms with Crippen LogP contribution in [0.25, 0.3) is 11.1 Å². The number of cyclic esters (lactones) is 1. The molecule has 1 atom stereocenters. The highest BCUT2D eigenvalue weighted by Gasteiger charge is 2.30. The Bertz CT molecular complexity index is 1130. The van der Waals surface area contributed by atoms with E-state index in [-0.39, 0.29) is 13.2 Å². The minimum atomic E-state index is -1.23. The van der Waals surface area contributed by atoms with Crippen LogP contribution in [-0.4, -0.2) is 39.0 Å². The molecule has 2 aliphatic rings. The van der Waals surface area contributed by atoms with Crippen molar-refractivity contribution in [2.45, 2.75) is 19.3 Å². The summed E-state index contributed by atoms with van der Waals surface area (Å²) in [6, 6.07) is 12.5. The van der Waals surface area contributed by atoms with Crippen LogP contribution in [0.15, 0.2) is 48.7 Å². The zero-order valence-electron chi connectivity index (χ0n) is 16.5. The van der Waals surface area contributed by atoms with Gasteiger partial charge in [0.15, 0.2) is 12.0 Å². The topological polar surface area (TPSA) is 70.8 Å². The molecule has 30 heavy (non-hydrogen) atoms.